The highest BCUT2D eigenvalue weighted by molar-refractivity contribution is 6.21. The Morgan fingerprint density at radius 1 is 0.951 bits per heavy atom. The number of imide groups is 1. The number of carbonyl (C=O) groups excluding carboxylic acids is 4. The molecule has 0 aliphatic carbocycles. The molecule has 0 radical (unpaired) electrons. The molecule has 41 heavy (non-hydrogen) atoms. The van der Waals surface area contributed by atoms with Gasteiger partial charge in [0.05, 0.1) is 24.3 Å². The van der Waals surface area contributed by atoms with Gasteiger partial charge in [0.25, 0.3) is 23.6 Å². The number of pyridine rings is 1. The summed E-state index contributed by atoms with van der Waals surface area (Å²) in [6.07, 6.45) is 2.22. The summed E-state index contributed by atoms with van der Waals surface area (Å²) in [5.41, 5.74) is 3.34. The second kappa shape index (κ2) is 14.3. The molecule has 10 heteroatoms. The zero-order valence-corrected chi connectivity index (χ0v) is 23.1. The van der Waals surface area contributed by atoms with E-state index < -0.39 is 0 Å². The van der Waals surface area contributed by atoms with E-state index in [9.17, 15) is 19.2 Å². The minimum absolute atomic E-state index is 0.0528. The van der Waals surface area contributed by atoms with E-state index in [2.05, 4.69) is 20.9 Å². The van der Waals surface area contributed by atoms with Gasteiger partial charge in [0, 0.05) is 37.2 Å². The van der Waals surface area contributed by atoms with Crippen molar-refractivity contribution in [1.29, 1.82) is 0 Å². The minimum Gasteiger partial charge on any atom is -0.354 e. The van der Waals surface area contributed by atoms with Crippen molar-refractivity contribution in [2.75, 3.05) is 26.8 Å². The molecule has 2 aliphatic rings. The number of fused-ring (bicyclic) bond motifs is 1. The highest BCUT2D eigenvalue weighted by atomic mass is 16.7. The minimum atomic E-state index is -0.322. The maximum Gasteiger partial charge on any atom is 0.269 e. The second-order valence-electron chi connectivity index (χ2n) is 9.63. The molecule has 2 aliphatic heterocycles. The predicted molar refractivity (Wildman–Crippen MR) is 152 cm³/mol. The van der Waals surface area contributed by atoms with Crippen molar-refractivity contribution in [2.45, 2.75) is 38.4 Å². The Morgan fingerprint density at radius 3 is 2.22 bits per heavy atom. The molecular weight excluding hydrogens is 524 g/mol. The Balaban J connectivity index is 0.000000291. The Hall–Kier alpha value is -4.41. The first kappa shape index (κ1) is 29.6. The molecule has 1 saturated heterocycles. The standard InChI is InChI=1S/C23H29N3O4.C8H5NO2/c1-16(17-8-4-3-5-9-17)19-14-18(15-20(26-19)23(28)24-2)22(27)25-11-6-10-21-29-12-7-13-30-21;10-7-5-3-1-2-4-6(5)8(11)9-7/h3-5,8-9,14-16,21H,6-7,10-13H2,1-2H3,(H,24,28)(H,25,27);1-4H,(H,9,10,11). The molecule has 2 aromatic carbocycles. The van der Waals surface area contributed by atoms with Crippen molar-refractivity contribution < 1.29 is 28.7 Å². The van der Waals surface area contributed by atoms with Crippen LogP contribution in [0.25, 0.3) is 0 Å². The average Bonchev–Trinajstić information content (AvgIpc) is 3.32. The van der Waals surface area contributed by atoms with Crippen LogP contribution in [0.5, 0.6) is 0 Å². The number of hydrogen-bond donors (Lipinski definition) is 3. The monoisotopic (exact) mass is 558 g/mol. The van der Waals surface area contributed by atoms with Gasteiger partial charge in [-0.05, 0) is 42.7 Å². The van der Waals surface area contributed by atoms with Crippen molar-refractivity contribution in [3.63, 3.8) is 0 Å². The number of nitrogens with one attached hydrogen (secondary N) is 3. The van der Waals surface area contributed by atoms with Gasteiger partial charge in [0.15, 0.2) is 6.29 Å². The van der Waals surface area contributed by atoms with Gasteiger partial charge in [-0.2, -0.15) is 0 Å². The topological polar surface area (TPSA) is 136 Å². The lowest BCUT2D eigenvalue weighted by molar-refractivity contribution is -0.181. The molecular formula is C31H34N4O6. The van der Waals surface area contributed by atoms with Crippen LogP contribution in [0.1, 0.15) is 84.9 Å². The third-order valence-electron chi connectivity index (χ3n) is 6.75. The third kappa shape index (κ3) is 7.84. The molecule has 214 valence electrons. The van der Waals surface area contributed by atoms with E-state index in [0.29, 0.717) is 28.9 Å². The smallest absolute Gasteiger partial charge is 0.269 e. The number of nitrogens with zero attached hydrogens (tertiary/aromatic N) is 1. The molecule has 0 bridgehead atoms. The number of carbonyl (C=O) groups is 4. The first-order valence-corrected chi connectivity index (χ1v) is 13.6. The Morgan fingerprint density at radius 2 is 1.59 bits per heavy atom. The Kier molecular flexibility index (Phi) is 10.3. The van der Waals surface area contributed by atoms with Crippen molar-refractivity contribution in [1.82, 2.24) is 20.9 Å². The van der Waals surface area contributed by atoms with E-state index >= 15 is 0 Å². The average molecular weight is 559 g/mol. The summed E-state index contributed by atoms with van der Waals surface area (Å²) in [6, 6.07) is 19.9. The fourth-order valence-corrected chi connectivity index (χ4v) is 4.45. The van der Waals surface area contributed by atoms with Gasteiger partial charge >= 0.3 is 0 Å². The van der Waals surface area contributed by atoms with Crippen molar-refractivity contribution >= 4 is 23.6 Å². The maximum absolute atomic E-state index is 12.7. The fourth-order valence-electron chi connectivity index (χ4n) is 4.45. The van der Waals surface area contributed by atoms with E-state index in [0.717, 1.165) is 38.0 Å². The molecule has 1 fully saturated rings. The Labute approximate surface area is 238 Å². The van der Waals surface area contributed by atoms with Crippen LogP contribution < -0.4 is 16.0 Å². The van der Waals surface area contributed by atoms with Gasteiger partial charge in [-0.15, -0.1) is 0 Å². The van der Waals surface area contributed by atoms with Crippen LogP contribution in [0.2, 0.25) is 0 Å². The summed E-state index contributed by atoms with van der Waals surface area (Å²) < 4.78 is 11.0. The quantitative estimate of drug-likeness (QED) is 0.285. The number of rotatable bonds is 8. The highest BCUT2D eigenvalue weighted by Gasteiger charge is 2.25. The maximum atomic E-state index is 12.7. The SMILES string of the molecule is CNC(=O)c1cc(C(=O)NCCCC2OCCCO2)cc(C(C)c2ccccc2)n1.O=C1NC(=O)c2ccccc21. The van der Waals surface area contributed by atoms with E-state index in [1.807, 2.05) is 37.3 Å². The van der Waals surface area contributed by atoms with Gasteiger partial charge in [0.2, 0.25) is 0 Å². The van der Waals surface area contributed by atoms with E-state index in [1.54, 1.807) is 37.4 Å². The molecule has 3 heterocycles. The molecule has 1 aromatic heterocycles. The molecule has 10 nitrogen and oxygen atoms in total. The van der Waals surface area contributed by atoms with E-state index in [4.69, 9.17) is 9.47 Å². The lowest BCUT2D eigenvalue weighted by Crippen LogP contribution is -2.29. The van der Waals surface area contributed by atoms with Crippen molar-refractivity contribution in [3.8, 4) is 0 Å². The summed E-state index contributed by atoms with van der Waals surface area (Å²) in [6.45, 7) is 3.96. The van der Waals surface area contributed by atoms with Crippen LogP contribution in [0.3, 0.4) is 0 Å². The first-order valence-electron chi connectivity index (χ1n) is 13.6. The highest BCUT2D eigenvalue weighted by Crippen LogP contribution is 2.24. The largest absolute Gasteiger partial charge is 0.354 e. The van der Waals surface area contributed by atoms with Crippen molar-refractivity contribution in [3.05, 3.63) is 100 Å². The lowest BCUT2D eigenvalue weighted by Gasteiger charge is -2.23. The number of aromatic nitrogens is 1. The lowest BCUT2D eigenvalue weighted by atomic mass is 9.96. The third-order valence-corrected chi connectivity index (χ3v) is 6.75. The molecule has 0 saturated carbocycles. The van der Waals surface area contributed by atoms with Crippen LogP contribution in [0.4, 0.5) is 0 Å². The molecule has 1 unspecified atom stereocenters. The summed E-state index contributed by atoms with van der Waals surface area (Å²) in [4.78, 5) is 51.3. The van der Waals surface area contributed by atoms with Gasteiger partial charge in [-0.1, -0.05) is 49.4 Å². The number of amides is 4. The molecule has 1 atom stereocenters. The van der Waals surface area contributed by atoms with E-state index in [-0.39, 0.29) is 41.5 Å². The van der Waals surface area contributed by atoms with Gasteiger partial charge in [-0.3, -0.25) is 24.5 Å². The normalized spacial score (nSPS) is 15.2. The number of hydrogen-bond acceptors (Lipinski definition) is 7. The summed E-state index contributed by atoms with van der Waals surface area (Å²) in [5.74, 6) is -1.20. The van der Waals surface area contributed by atoms with E-state index in [1.165, 1.54) is 6.07 Å². The summed E-state index contributed by atoms with van der Waals surface area (Å²) in [7, 11) is 1.55. The molecule has 5 rings (SSSR count). The van der Waals surface area contributed by atoms with Crippen LogP contribution in [-0.4, -0.2) is 61.7 Å². The van der Waals surface area contributed by atoms with Crippen LogP contribution in [0.15, 0.2) is 66.7 Å². The molecule has 3 aromatic rings. The van der Waals surface area contributed by atoms with Crippen LogP contribution in [0, 0.1) is 0 Å². The van der Waals surface area contributed by atoms with Gasteiger partial charge in [-0.25, -0.2) is 4.98 Å². The summed E-state index contributed by atoms with van der Waals surface area (Å²) in [5, 5.41) is 7.70. The van der Waals surface area contributed by atoms with Crippen LogP contribution in [-0.2, 0) is 9.47 Å². The van der Waals surface area contributed by atoms with Gasteiger partial charge < -0.3 is 20.1 Å². The first-order chi connectivity index (χ1) is 19.9. The zero-order chi connectivity index (χ0) is 29.2. The van der Waals surface area contributed by atoms with Crippen molar-refractivity contribution in [2.24, 2.45) is 0 Å². The second-order valence-corrected chi connectivity index (χ2v) is 9.63. The summed E-state index contributed by atoms with van der Waals surface area (Å²) >= 11 is 0. The zero-order valence-electron chi connectivity index (χ0n) is 23.1. The van der Waals surface area contributed by atoms with Crippen LogP contribution >= 0.6 is 0 Å². The van der Waals surface area contributed by atoms with Gasteiger partial charge in [0.1, 0.15) is 5.69 Å². The molecule has 0 spiro atoms. The number of benzene rings is 2. The molecule has 4 amide bonds. The molecule has 3 N–H and O–H groups in total. The Bertz CT molecular complexity index is 1360. The predicted octanol–water partition coefficient (Wildman–Crippen LogP) is 3.44. The fraction of sp³-hybridized carbons (Fsp3) is 0.323. The number of ether oxygens (including phenoxy) is 2.